The standard InChI is InChI=1S/C20H19FN2O4/c1-26-18-9-3-15(4-10-18)13-20(25)27-14-19(24)23(12-2-11-22)17-7-5-16(21)6-8-17/h3-10H,2,12-14H2,1H3. The van der Waals surface area contributed by atoms with Gasteiger partial charge in [-0.2, -0.15) is 5.26 Å². The number of hydrogen-bond acceptors (Lipinski definition) is 5. The van der Waals surface area contributed by atoms with Crippen molar-refractivity contribution in [3.05, 3.63) is 59.9 Å². The van der Waals surface area contributed by atoms with Gasteiger partial charge in [0, 0.05) is 12.2 Å². The van der Waals surface area contributed by atoms with Gasteiger partial charge >= 0.3 is 5.97 Å². The first-order valence-corrected chi connectivity index (χ1v) is 8.25. The first kappa shape index (κ1) is 19.9. The van der Waals surface area contributed by atoms with Crippen LogP contribution >= 0.6 is 0 Å². The minimum Gasteiger partial charge on any atom is -0.497 e. The van der Waals surface area contributed by atoms with Crippen molar-refractivity contribution < 1.29 is 23.5 Å². The molecule has 2 aromatic carbocycles. The number of halogens is 1. The molecule has 0 saturated heterocycles. The van der Waals surface area contributed by atoms with Crippen molar-refractivity contribution in [3.63, 3.8) is 0 Å². The van der Waals surface area contributed by atoms with Gasteiger partial charge in [-0.25, -0.2) is 4.39 Å². The SMILES string of the molecule is COc1ccc(CC(=O)OCC(=O)N(CCC#N)c2ccc(F)cc2)cc1. The van der Waals surface area contributed by atoms with E-state index in [0.717, 1.165) is 5.56 Å². The Morgan fingerprint density at radius 2 is 1.78 bits per heavy atom. The lowest BCUT2D eigenvalue weighted by molar-refractivity contribution is -0.147. The first-order valence-electron chi connectivity index (χ1n) is 8.25. The van der Waals surface area contributed by atoms with Crippen molar-refractivity contribution in [3.8, 4) is 11.8 Å². The summed E-state index contributed by atoms with van der Waals surface area (Å²) in [7, 11) is 1.55. The van der Waals surface area contributed by atoms with E-state index in [1.165, 1.54) is 29.2 Å². The molecule has 1 amide bonds. The van der Waals surface area contributed by atoms with Crippen molar-refractivity contribution in [1.82, 2.24) is 0 Å². The summed E-state index contributed by atoms with van der Waals surface area (Å²) >= 11 is 0. The van der Waals surface area contributed by atoms with Gasteiger partial charge in [0.2, 0.25) is 0 Å². The minimum atomic E-state index is -0.548. The predicted octanol–water partition coefficient (Wildman–Crippen LogP) is 2.87. The van der Waals surface area contributed by atoms with Crippen molar-refractivity contribution in [2.45, 2.75) is 12.8 Å². The van der Waals surface area contributed by atoms with Gasteiger partial charge in [0.1, 0.15) is 11.6 Å². The van der Waals surface area contributed by atoms with E-state index < -0.39 is 24.3 Å². The van der Waals surface area contributed by atoms with Crippen LogP contribution in [0.15, 0.2) is 48.5 Å². The molecule has 0 saturated carbocycles. The largest absolute Gasteiger partial charge is 0.497 e. The van der Waals surface area contributed by atoms with Crippen LogP contribution in [0.5, 0.6) is 5.75 Å². The highest BCUT2D eigenvalue weighted by Gasteiger charge is 2.18. The number of rotatable bonds is 8. The van der Waals surface area contributed by atoms with Crippen LogP contribution in [0.4, 0.5) is 10.1 Å². The average Bonchev–Trinajstić information content (AvgIpc) is 2.68. The number of hydrogen-bond donors (Lipinski definition) is 0. The van der Waals surface area contributed by atoms with Gasteiger partial charge in [-0.3, -0.25) is 9.59 Å². The van der Waals surface area contributed by atoms with Crippen molar-refractivity contribution in [1.29, 1.82) is 5.26 Å². The van der Waals surface area contributed by atoms with Crippen molar-refractivity contribution in [2.24, 2.45) is 0 Å². The van der Waals surface area contributed by atoms with E-state index in [1.54, 1.807) is 31.4 Å². The lowest BCUT2D eigenvalue weighted by Crippen LogP contribution is -2.35. The van der Waals surface area contributed by atoms with E-state index in [0.29, 0.717) is 11.4 Å². The van der Waals surface area contributed by atoms with Gasteiger partial charge in [-0.1, -0.05) is 12.1 Å². The topological polar surface area (TPSA) is 79.6 Å². The van der Waals surface area contributed by atoms with E-state index >= 15 is 0 Å². The van der Waals surface area contributed by atoms with Crippen LogP contribution in [0.25, 0.3) is 0 Å². The molecule has 7 heteroatoms. The quantitative estimate of drug-likeness (QED) is 0.668. The molecule has 0 radical (unpaired) electrons. The molecule has 0 N–H and O–H groups in total. The summed E-state index contributed by atoms with van der Waals surface area (Å²) in [6.45, 7) is -0.339. The zero-order valence-electron chi connectivity index (χ0n) is 14.9. The van der Waals surface area contributed by atoms with Gasteiger partial charge in [-0.15, -0.1) is 0 Å². The molecule has 27 heavy (non-hydrogen) atoms. The van der Waals surface area contributed by atoms with Crippen LogP contribution in [-0.2, 0) is 20.7 Å². The predicted molar refractivity (Wildman–Crippen MR) is 96.6 cm³/mol. The third kappa shape index (κ3) is 6.12. The fraction of sp³-hybridized carbons (Fsp3) is 0.250. The highest BCUT2D eigenvalue weighted by molar-refractivity contribution is 5.95. The van der Waals surface area contributed by atoms with Gasteiger partial charge in [0.05, 0.1) is 26.0 Å². The Morgan fingerprint density at radius 3 is 2.37 bits per heavy atom. The van der Waals surface area contributed by atoms with Gasteiger partial charge in [0.15, 0.2) is 6.61 Å². The molecule has 0 aromatic heterocycles. The zero-order valence-corrected chi connectivity index (χ0v) is 14.9. The van der Waals surface area contributed by atoms with Gasteiger partial charge in [0.25, 0.3) is 5.91 Å². The summed E-state index contributed by atoms with van der Waals surface area (Å²) in [5.41, 5.74) is 1.16. The molecule has 0 aliphatic carbocycles. The number of ether oxygens (including phenoxy) is 2. The molecular weight excluding hydrogens is 351 g/mol. The van der Waals surface area contributed by atoms with Crippen LogP contribution in [-0.4, -0.2) is 32.1 Å². The molecule has 0 bridgehead atoms. The zero-order chi connectivity index (χ0) is 19.6. The van der Waals surface area contributed by atoms with E-state index in [1.807, 2.05) is 6.07 Å². The lowest BCUT2D eigenvalue weighted by atomic mass is 10.1. The number of benzene rings is 2. The maximum Gasteiger partial charge on any atom is 0.310 e. The first-order chi connectivity index (χ1) is 13.0. The third-order valence-electron chi connectivity index (χ3n) is 3.75. The third-order valence-corrected chi connectivity index (χ3v) is 3.75. The Hall–Kier alpha value is -3.40. The number of anilines is 1. The molecule has 140 valence electrons. The summed E-state index contributed by atoms with van der Waals surface area (Å²) in [5.74, 6) is -0.792. The maximum atomic E-state index is 13.1. The van der Waals surface area contributed by atoms with E-state index in [-0.39, 0.29) is 19.4 Å². The van der Waals surface area contributed by atoms with Crippen molar-refractivity contribution >= 4 is 17.6 Å². The van der Waals surface area contributed by atoms with Gasteiger partial charge in [-0.05, 0) is 42.0 Å². The molecule has 0 atom stereocenters. The second-order valence-electron chi connectivity index (χ2n) is 5.62. The molecule has 0 heterocycles. The lowest BCUT2D eigenvalue weighted by Gasteiger charge is -2.21. The molecule has 0 aliphatic rings. The number of nitrogens with zero attached hydrogens (tertiary/aromatic N) is 2. The fourth-order valence-corrected chi connectivity index (χ4v) is 2.36. The second-order valence-corrected chi connectivity index (χ2v) is 5.62. The second kappa shape index (κ2) is 9.92. The molecule has 6 nitrogen and oxygen atoms in total. The fourth-order valence-electron chi connectivity index (χ4n) is 2.36. The summed E-state index contributed by atoms with van der Waals surface area (Å²) in [6, 6.07) is 14.2. The molecule has 0 aliphatic heterocycles. The molecule has 0 fully saturated rings. The molecule has 2 aromatic rings. The van der Waals surface area contributed by atoms with E-state index in [2.05, 4.69) is 0 Å². The highest BCUT2D eigenvalue weighted by Crippen LogP contribution is 2.16. The number of amides is 1. The Kier molecular flexibility index (Phi) is 7.32. The van der Waals surface area contributed by atoms with Crippen LogP contribution < -0.4 is 9.64 Å². The highest BCUT2D eigenvalue weighted by atomic mass is 19.1. The maximum absolute atomic E-state index is 13.1. The van der Waals surface area contributed by atoms with Gasteiger partial charge < -0.3 is 14.4 Å². The van der Waals surface area contributed by atoms with Crippen molar-refractivity contribution in [2.75, 3.05) is 25.2 Å². The summed E-state index contributed by atoms with van der Waals surface area (Å²) in [6.07, 6.45) is 0.120. The summed E-state index contributed by atoms with van der Waals surface area (Å²) in [5, 5.41) is 8.77. The Labute approximate surface area is 156 Å². The molecule has 0 spiro atoms. The minimum absolute atomic E-state index is 0.0199. The van der Waals surface area contributed by atoms with E-state index in [9.17, 15) is 14.0 Å². The van der Waals surface area contributed by atoms with Crippen LogP contribution in [0.2, 0.25) is 0 Å². The van der Waals surface area contributed by atoms with Crippen LogP contribution in [0.3, 0.4) is 0 Å². The summed E-state index contributed by atoms with van der Waals surface area (Å²) < 4.78 is 23.2. The Balaban J connectivity index is 1.94. The monoisotopic (exact) mass is 370 g/mol. The molecule has 2 rings (SSSR count). The van der Waals surface area contributed by atoms with Crippen LogP contribution in [0.1, 0.15) is 12.0 Å². The number of carbonyl (C=O) groups excluding carboxylic acids is 2. The Morgan fingerprint density at radius 1 is 1.11 bits per heavy atom. The number of esters is 1. The van der Waals surface area contributed by atoms with E-state index in [4.69, 9.17) is 14.7 Å². The average molecular weight is 370 g/mol. The number of methoxy groups -OCH3 is 1. The smallest absolute Gasteiger partial charge is 0.310 e. The Bertz CT molecular complexity index is 813. The normalized spacial score (nSPS) is 9.96. The number of nitriles is 1. The molecular formula is C20H19FN2O4. The van der Waals surface area contributed by atoms with Crippen LogP contribution in [0, 0.1) is 17.1 Å². The summed E-state index contributed by atoms with van der Waals surface area (Å²) in [4.78, 5) is 25.7. The number of carbonyl (C=O) groups is 2. The molecule has 0 unspecified atom stereocenters.